The van der Waals surface area contributed by atoms with Gasteiger partial charge in [0.25, 0.3) is 0 Å². The van der Waals surface area contributed by atoms with Gasteiger partial charge in [0.05, 0.1) is 0 Å². The van der Waals surface area contributed by atoms with Crippen molar-refractivity contribution in [2.24, 2.45) is 5.73 Å². The maximum Gasteiger partial charge on any atom is 0.0146 e. The Morgan fingerprint density at radius 2 is 1.92 bits per heavy atom. The highest BCUT2D eigenvalue weighted by Crippen LogP contribution is 2.49. The largest absolute Gasteiger partial charge is 0.327 e. The van der Waals surface area contributed by atoms with Crippen molar-refractivity contribution in [1.82, 2.24) is 0 Å². The summed E-state index contributed by atoms with van der Waals surface area (Å²) >= 11 is 0. The van der Waals surface area contributed by atoms with Gasteiger partial charge in [-0.05, 0) is 25.3 Å². The fourth-order valence-corrected chi connectivity index (χ4v) is 2.16. The first-order chi connectivity index (χ1) is 6.19. The van der Waals surface area contributed by atoms with E-state index in [2.05, 4.69) is 38.1 Å². The fraction of sp³-hybridized carbons (Fsp3) is 0.500. The summed E-state index contributed by atoms with van der Waals surface area (Å²) in [6, 6.07) is 9.20. The quantitative estimate of drug-likeness (QED) is 0.733. The molecule has 1 fully saturated rings. The highest BCUT2D eigenvalue weighted by atomic mass is 14.8. The zero-order valence-corrected chi connectivity index (χ0v) is 8.38. The lowest BCUT2D eigenvalue weighted by atomic mass is 9.92. The molecule has 0 radical (unpaired) electrons. The average Bonchev–Trinajstić information content (AvgIpc) is 2.79. The highest BCUT2D eigenvalue weighted by molar-refractivity contribution is 5.37. The van der Waals surface area contributed by atoms with Crippen LogP contribution < -0.4 is 5.73 Å². The van der Waals surface area contributed by atoms with Crippen molar-refractivity contribution in [3.63, 3.8) is 0 Å². The van der Waals surface area contributed by atoms with Gasteiger partial charge < -0.3 is 5.73 Å². The molecule has 1 aromatic carbocycles. The van der Waals surface area contributed by atoms with Crippen LogP contribution in [0.2, 0.25) is 0 Å². The van der Waals surface area contributed by atoms with E-state index in [1.54, 1.807) is 0 Å². The molecule has 1 saturated carbocycles. The molecule has 1 heteroatoms. The molecule has 0 spiro atoms. The molecule has 2 rings (SSSR count). The predicted octanol–water partition coefficient (Wildman–Crippen LogP) is 2.37. The summed E-state index contributed by atoms with van der Waals surface area (Å²) < 4.78 is 0. The van der Waals surface area contributed by atoms with Gasteiger partial charge in [0.1, 0.15) is 0 Å². The number of nitrogens with two attached hydrogens (primary N) is 1. The van der Waals surface area contributed by atoms with Crippen molar-refractivity contribution in [3.05, 3.63) is 35.4 Å². The molecule has 0 saturated heterocycles. The van der Waals surface area contributed by atoms with Gasteiger partial charge in [0, 0.05) is 11.5 Å². The minimum absolute atomic E-state index is 0.313. The van der Waals surface area contributed by atoms with Gasteiger partial charge in [-0.3, -0.25) is 0 Å². The van der Waals surface area contributed by atoms with Crippen LogP contribution in [-0.2, 0) is 5.41 Å². The van der Waals surface area contributed by atoms with Gasteiger partial charge in [-0.2, -0.15) is 0 Å². The summed E-state index contributed by atoms with van der Waals surface area (Å²) in [6.07, 6.45) is 2.32. The van der Waals surface area contributed by atoms with Crippen molar-refractivity contribution < 1.29 is 0 Å². The van der Waals surface area contributed by atoms with E-state index >= 15 is 0 Å². The van der Waals surface area contributed by atoms with Crippen molar-refractivity contribution in [2.45, 2.75) is 38.1 Å². The molecule has 1 aromatic rings. The van der Waals surface area contributed by atoms with Crippen LogP contribution in [-0.4, -0.2) is 6.04 Å². The minimum Gasteiger partial charge on any atom is -0.327 e. The lowest BCUT2D eigenvalue weighted by Gasteiger charge is -2.14. The van der Waals surface area contributed by atoms with Gasteiger partial charge in [-0.15, -0.1) is 0 Å². The van der Waals surface area contributed by atoms with Crippen LogP contribution in [0.15, 0.2) is 24.3 Å². The van der Waals surface area contributed by atoms with Crippen LogP contribution in [0.4, 0.5) is 0 Å². The Morgan fingerprint density at radius 3 is 2.31 bits per heavy atom. The Labute approximate surface area is 80.0 Å². The summed E-state index contributed by atoms with van der Waals surface area (Å²) in [5, 5.41) is 0. The first-order valence-corrected chi connectivity index (χ1v) is 5.02. The van der Waals surface area contributed by atoms with E-state index in [1.807, 2.05) is 0 Å². The van der Waals surface area contributed by atoms with Crippen LogP contribution in [0, 0.1) is 6.92 Å². The Hall–Kier alpha value is -0.820. The summed E-state index contributed by atoms with van der Waals surface area (Å²) in [5.41, 5.74) is 9.04. The summed E-state index contributed by atoms with van der Waals surface area (Å²) in [7, 11) is 0. The van der Waals surface area contributed by atoms with E-state index in [9.17, 15) is 0 Å². The monoisotopic (exact) mass is 175 g/mol. The van der Waals surface area contributed by atoms with Crippen molar-refractivity contribution in [2.75, 3.05) is 0 Å². The minimum atomic E-state index is 0.313. The Bertz CT molecular complexity index is 297. The first kappa shape index (κ1) is 8.76. The van der Waals surface area contributed by atoms with E-state index in [1.165, 1.54) is 11.1 Å². The topological polar surface area (TPSA) is 26.0 Å². The van der Waals surface area contributed by atoms with Crippen LogP contribution >= 0.6 is 0 Å². The number of benzene rings is 1. The van der Waals surface area contributed by atoms with Gasteiger partial charge in [-0.1, -0.05) is 36.8 Å². The molecule has 0 aromatic heterocycles. The van der Waals surface area contributed by atoms with E-state index in [0.29, 0.717) is 11.5 Å². The third-order valence-corrected chi connectivity index (χ3v) is 3.39. The fourth-order valence-electron chi connectivity index (χ4n) is 2.16. The van der Waals surface area contributed by atoms with Crippen LogP contribution in [0.3, 0.4) is 0 Å². The number of hydrogen-bond donors (Lipinski definition) is 1. The Balaban J connectivity index is 2.31. The predicted molar refractivity (Wildman–Crippen MR) is 55.7 cm³/mol. The molecule has 1 unspecified atom stereocenters. The molecule has 13 heavy (non-hydrogen) atoms. The van der Waals surface area contributed by atoms with E-state index in [-0.39, 0.29) is 0 Å². The molecule has 2 atom stereocenters. The zero-order chi connectivity index (χ0) is 9.47. The van der Waals surface area contributed by atoms with E-state index in [0.717, 1.165) is 12.8 Å². The number of aryl methyl sites for hydroxylation is 1. The molecule has 2 N–H and O–H groups in total. The Morgan fingerprint density at radius 1 is 1.38 bits per heavy atom. The summed E-state index contributed by atoms with van der Waals surface area (Å²) in [5.74, 6) is 0. The Kier molecular flexibility index (Phi) is 1.92. The molecule has 0 aliphatic heterocycles. The second kappa shape index (κ2) is 2.85. The zero-order valence-electron chi connectivity index (χ0n) is 8.38. The lowest BCUT2D eigenvalue weighted by molar-refractivity contribution is 0.634. The summed E-state index contributed by atoms with van der Waals surface area (Å²) in [6.45, 7) is 4.35. The molecule has 0 bridgehead atoms. The van der Waals surface area contributed by atoms with Crippen LogP contribution in [0.5, 0.6) is 0 Å². The van der Waals surface area contributed by atoms with Crippen LogP contribution in [0.1, 0.15) is 30.9 Å². The smallest absolute Gasteiger partial charge is 0.0146 e. The normalized spacial score (nSPS) is 31.8. The maximum atomic E-state index is 5.98. The second-order valence-corrected chi connectivity index (χ2v) is 4.19. The molecule has 1 aliphatic carbocycles. The first-order valence-electron chi connectivity index (χ1n) is 5.02. The van der Waals surface area contributed by atoms with Gasteiger partial charge in [0.15, 0.2) is 0 Å². The van der Waals surface area contributed by atoms with E-state index in [4.69, 9.17) is 5.73 Å². The maximum absolute atomic E-state index is 5.98. The molecule has 1 nitrogen and oxygen atoms in total. The third kappa shape index (κ3) is 1.28. The van der Waals surface area contributed by atoms with E-state index < -0.39 is 0 Å². The molecular formula is C12H17N. The molecule has 70 valence electrons. The third-order valence-electron chi connectivity index (χ3n) is 3.39. The molecular weight excluding hydrogens is 158 g/mol. The highest BCUT2D eigenvalue weighted by Gasteiger charge is 2.51. The van der Waals surface area contributed by atoms with Crippen molar-refractivity contribution in [1.29, 1.82) is 0 Å². The van der Waals surface area contributed by atoms with Gasteiger partial charge >= 0.3 is 0 Å². The van der Waals surface area contributed by atoms with Crippen LogP contribution in [0.25, 0.3) is 0 Å². The average molecular weight is 175 g/mol. The second-order valence-electron chi connectivity index (χ2n) is 4.19. The van der Waals surface area contributed by atoms with Crippen molar-refractivity contribution >= 4 is 0 Å². The standard InChI is InChI=1S/C12H17N/c1-3-12(8-11(12)13)10-6-4-9(2)5-7-10/h4-7,11H,3,8,13H2,1-2H3/t11-,12?/m1/s1. The SMILES string of the molecule is CCC1(c2ccc(C)cc2)C[C@H]1N. The summed E-state index contributed by atoms with van der Waals surface area (Å²) in [4.78, 5) is 0. The number of hydrogen-bond acceptors (Lipinski definition) is 1. The molecule has 0 heterocycles. The van der Waals surface area contributed by atoms with Gasteiger partial charge in [0.2, 0.25) is 0 Å². The van der Waals surface area contributed by atoms with Crippen molar-refractivity contribution in [3.8, 4) is 0 Å². The molecule has 0 amide bonds. The van der Waals surface area contributed by atoms with Gasteiger partial charge in [-0.25, -0.2) is 0 Å². The lowest BCUT2D eigenvalue weighted by Crippen LogP contribution is -2.17. The number of rotatable bonds is 2. The molecule has 1 aliphatic rings.